The number of hydrogen-bond donors (Lipinski definition) is 0. The molecule has 0 fully saturated rings. The maximum Gasteiger partial charge on any atom is 0.147 e. The molecule has 7 aromatic rings. The Morgan fingerprint density at radius 3 is 2.67 bits per heavy atom. The third-order valence-corrected chi connectivity index (χ3v) is 6.64. The summed E-state index contributed by atoms with van der Waals surface area (Å²) in [5, 5.41) is 4.83. The average Bonchev–Trinajstić information content (AvgIpc) is 3.33. The van der Waals surface area contributed by atoms with E-state index in [1.807, 2.05) is 66.7 Å². The van der Waals surface area contributed by atoms with Crippen molar-refractivity contribution in [3.63, 3.8) is 0 Å². The number of aryl methyl sites for hydroxylation is 2. The van der Waals surface area contributed by atoms with Crippen molar-refractivity contribution in [2.24, 2.45) is 0 Å². The number of fused-ring (bicyclic) bond motifs is 7. The van der Waals surface area contributed by atoms with Crippen LogP contribution in [-0.4, -0.2) is 9.97 Å². The van der Waals surface area contributed by atoms with E-state index in [0.29, 0.717) is 22.8 Å². The molecule has 7 rings (SSSR count). The van der Waals surface area contributed by atoms with Crippen molar-refractivity contribution in [1.82, 2.24) is 9.97 Å². The topological polar surface area (TPSA) is 48.2 Å². The molecule has 172 valence electrons. The van der Waals surface area contributed by atoms with Crippen molar-refractivity contribution in [3.8, 4) is 22.8 Å². The standard InChI is InChI=1S/C32H22N2O2/c1-19-15-27(34-18-20(19)2)22-7-5-9-23(16-22)35-29-17-26-24(13-12-21-8-6-14-33-31(21)26)32-30(29)25-10-3-4-11-28(25)36-32/h3-18H,1-2H3/i2D3. The molecule has 4 heteroatoms. The largest absolute Gasteiger partial charge is 0.457 e. The zero-order valence-corrected chi connectivity index (χ0v) is 19.4. The second-order valence-electron chi connectivity index (χ2n) is 8.93. The maximum absolute atomic E-state index is 7.73. The first kappa shape index (κ1) is 17.7. The molecule has 36 heavy (non-hydrogen) atoms. The average molecular weight is 470 g/mol. The van der Waals surface area contributed by atoms with Crippen LogP contribution in [0.25, 0.3) is 54.9 Å². The van der Waals surface area contributed by atoms with Crippen LogP contribution in [-0.2, 0) is 0 Å². The number of rotatable bonds is 3. The lowest BCUT2D eigenvalue weighted by molar-refractivity contribution is 0.489. The van der Waals surface area contributed by atoms with Gasteiger partial charge in [-0.05, 0) is 67.4 Å². The van der Waals surface area contributed by atoms with E-state index in [0.717, 1.165) is 49.2 Å². The number of furan rings is 1. The summed E-state index contributed by atoms with van der Waals surface area (Å²) >= 11 is 0. The molecule has 0 aliphatic rings. The molecular formula is C32H22N2O2. The predicted octanol–water partition coefficient (Wildman–Crippen LogP) is 8.76. The summed E-state index contributed by atoms with van der Waals surface area (Å²) in [6.45, 7) is -0.407. The van der Waals surface area contributed by atoms with Gasteiger partial charge in [-0.3, -0.25) is 9.97 Å². The fraction of sp³-hybridized carbons (Fsp3) is 0.0625. The number of hydrogen-bond acceptors (Lipinski definition) is 4. The first-order valence-electron chi connectivity index (χ1n) is 13.2. The number of nitrogens with zero attached hydrogens (tertiary/aromatic N) is 2. The summed E-state index contributed by atoms with van der Waals surface area (Å²) in [5.41, 5.74) is 4.85. The Morgan fingerprint density at radius 2 is 1.75 bits per heavy atom. The lowest BCUT2D eigenvalue weighted by Gasteiger charge is -2.12. The van der Waals surface area contributed by atoms with Gasteiger partial charge in [0.25, 0.3) is 0 Å². The van der Waals surface area contributed by atoms with E-state index in [1.165, 1.54) is 6.20 Å². The van der Waals surface area contributed by atoms with Gasteiger partial charge in [0.2, 0.25) is 0 Å². The van der Waals surface area contributed by atoms with E-state index in [1.54, 1.807) is 19.2 Å². The Hall–Kier alpha value is -4.70. The molecule has 0 radical (unpaired) electrons. The Labute approximate surface area is 212 Å². The zero-order valence-electron chi connectivity index (χ0n) is 22.4. The molecule has 0 amide bonds. The Balaban J connectivity index is 1.40. The minimum absolute atomic E-state index is 0.255. The molecule has 3 heterocycles. The van der Waals surface area contributed by atoms with Crippen LogP contribution in [0.1, 0.15) is 15.2 Å². The molecule has 4 nitrogen and oxygen atoms in total. The van der Waals surface area contributed by atoms with Crippen molar-refractivity contribution in [3.05, 3.63) is 108 Å². The Kier molecular flexibility index (Phi) is 3.89. The third-order valence-electron chi connectivity index (χ3n) is 6.64. The monoisotopic (exact) mass is 469 g/mol. The first-order chi connectivity index (χ1) is 18.9. The molecule has 0 atom stereocenters. The van der Waals surface area contributed by atoms with E-state index in [9.17, 15) is 0 Å². The van der Waals surface area contributed by atoms with E-state index in [-0.39, 0.29) is 5.56 Å². The fourth-order valence-corrected chi connectivity index (χ4v) is 4.84. The van der Waals surface area contributed by atoms with Crippen LogP contribution >= 0.6 is 0 Å². The number of ether oxygens (including phenoxy) is 1. The van der Waals surface area contributed by atoms with Crippen LogP contribution < -0.4 is 4.74 Å². The smallest absolute Gasteiger partial charge is 0.147 e. The minimum Gasteiger partial charge on any atom is -0.457 e. The minimum atomic E-state index is -2.20. The van der Waals surface area contributed by atoms with Gasteiger partial charge >= 0.3 is 0 Å². The van der Waals surface area contributed by atoms with Crippen LogP contribution in [0.5, 0.6) is 11.5 Å². The molecule has 0 aliphatic heterocycles. The summed E-state index contributed by atoms with van der Waals surface area (Å²) in [4.78, 5) is 9.10. The molecule has 0 aliphatic carbocycles. The van der Waals surface area contributed by atoms with Gasteiger partial charge < -0.3 is 9.15 Å². The highest BCUT2D eigenvalue weighted by Gasteiger charge is 2.18. The van der Waals surface area contributed by atoms with Crippen LogP contribution in [0, 0.1) is 13.8 Å². The first-order valence-corrected chi connectivity index (χ1v) is 11.7. The molecule has 0 N–H and O–H groups in total. The number of aromatic nitrogens is 2. The van der Waals surface area contributed by atoms with Crippen molar-refractivity contribution >= 4 is 43.6 Å². The summed E-state index contributed by atoms with van der Waals surface area (Å²) < 4.78 is 36.1. The van der Waals surface area contributed by atoms with Crippen molar-refractivity contribution in [2.75, 3.05) is 0 Å². The summed E-state index contributed by atoms with van der Waals surface area (Å²) in [6, 6.07) is 27.5. The number of para-hydroxylation sites is 1. The van der Waals surface area contributed by atoms with Gasteiger partial charge in [0, 0.05) is 43.6 Å². The maximum atomic E-state index is 7.73. The van der Waals surface area contributed by atoms with Gasteiger partial charge in [0.1, 0.15) is 22.7 Å². The Morgan fingerprint density at radius 1 is 0.806 bits per heavy atom. The van der Waals surface area contributed by atoms with E-state index >= 15 is 0 Å². The van der Waals surface area contributed by atoms with Gasteiger partial charge in [0.05, 0.1) is 16.6 Å². The van der Waals surface area contributed by atoms with Crippen molar-refractivity contribution < 1.29 is 13.3 Å². The van der Waals surface area contributed by atoms with E-state index < -0.39 is 6.85 Å². The number of benzene rings is 4. The molecule has 0 unspecified atom stereocenters. The van der Waals surface area contributed by atoms with Crippen LogP contribution in [0.2, 0.25) is 0 Å². The highest BCUT2D eigenvalue weighted by molar-refractivity contribution is 6.22. The summed E-state index contributed by atoms with van der Waals surface area (Å²) in [7, 11) is 0. The van der Waals surface area contributed by atoms with Crippen LogP contribution in [0.3, 0.4) is 0 Å². The van der Waals surface area contributed by atoms with Crippen LogP contribution in [0.4, 0.5) is 0 Å². The molecule has 3 aromatic heterocycles. The fourth-order valence-electron chi connectivity index (χ4n) is 4.84. The van der Waals surface area contributed by atoms with Gasteiger partial charge in [-0.1, -0.05) is 42.5 Å². The second-order valence-corrected chi connectivity index (χ2v) is 8.93. The molecule has 0 saturated carbocycles. The second kappa shape index (κ2) is 7.92. The quantitative estimate of drug-likeness (QED) is 0.243. The summed E-state index contributed by atoms with van der Waals surface area (Å²) in [6.07, 6.45) is 3.23. The lowest BCUT2D eigenvalue weighted by atomic mass is 10.0. The van der Waals surface area contributed by atoms with Gasteiger partial charge in [-0.25, -0.2) is 0 Å². The number of pyridine rings is 2. The van der Waals surface area contributed by atoms with Crippen molar-refractivity contribution in [2.45, 2.75) is 13.8 Å². The Bertz CT molecular complexity index is 2060. The molecule has 4 aromatic carbocycles. The SMILES string of the molecule is [2H]C([2H])([2H])c1cnc(-c2cccc(Oc3cc4c(ccc5cccnc54)c4oc5ccccc5c34)c2)cc1C. The van der Waals surface area contributed by atoms with E-state index in [4.69, 9.17) is 13.3 Å². The molecule has 0 bridgehead atoms. The molecule has 0 spiro atoms. The van der Waals surface area contributed by atoms with Crippen LogP contribution in [0.15, 0.2) is 102 Å². The molecular weight excluding hydrogens is 444 g/mol. The third kappa shape index (κ3) is 3.23. The van der Waals surface area contributed by atoms with Crippen molar-refractivity contribution in [1.29, 1.82) is 0 Å². The van der Waals surface area contributed by atoms with Gasteiger partial charge in [-0.15, -0.1) is 0 Å². The zero-order chi connectivity index (χ0) is 26.7. The predicted molar refractivity (Wildman–Crippen MR) is 146 cm³/mol. The lowest BCUT2D eigenvalue weighted by Crippen LogP contribution is -1.91. The summed E-state index contributed by atoms with van der Waals surface area (Å²) in [5.74, 6) is 1.30. The normalized spacial score (nSPS) is 13.2. The van der Waals surface area contributed by atoms with E-state index in [2.05, 4.69) is 22.1 Å². The van der Waals surface area contributed by atoms with Gasteiger partial charge in [-0.2, -0.15) is 0 Å². The molecule has 0 saturated heterocycles. The highest BCUT2D eigenvalue weighted by Crippen LogP contribution is 2.43. The van der Waals surface area contributed by atoms with Gasteiger partial charge in [0.15, 0.2) is 0 Å². The highest BCUT2D eigenvalue weighted by atomic mass is 16.5.